The third kappa shape index (κ3) is 8.44. The molecule has 0 aliphatic rings. The molecule has 0 fully saturated rings. The van der Waals surface area contributed by atoms with Crippen LogP contribution in [0.2, 0.25) is 0 Å². The van der Waals surface area contributed by atoms with E-state index < -0.39 is 0 Å². The molecule has 0 spiro atoms. The van der Waals surface area contributed by atoms with E-state index >= 15 is 0 Å². The number of hydrogen-bond acceptors (Lipinski definition) is 1. The van der Waals surface area contributed by atoms with Gasteiger partial charge in [-0.15, -0.1) is 0 Å². The molecule has 0 saturated carbocycles. The van der Waals surface area contributed by atoms with Crippen LogP contribution in [-0.2, 0) is 0 Å². The highest BCUT2D eigenvalue weighted by Crippen LogP contribution is 1.98. The monoisotopic (exact) mass is 193 g/mol. The van der Waals surface area contributed by atoms with E-state index in [0.717, 1.165) is 11.9 Å². The zero-order valence-electron chi connectivity index (χ0n) is 6.50. The smallest absolute Gasteiger partial charge is 0.00965 e. The van der Waals surface area contributed by atoms with Crippen LogP contribution in [0.3, 0.4) is 0 Å². The van der Waals surface area contributed by atoms with E-state index in [1.807, 2.05) is 0 Å². The maximum Gasteiger partial charge on any atom is 0.00965 e. The SMILES string of the molecule is CC(C)(C)NCCCBr. The molecule has 0 aliphatic heterocycles. The van der Waals surface area contributed by atoms with E-state index in [1.165, 1.54) is 6.42 Å². The Morgan fingerprint density at radius 3 is 2.22 bits per heavy atom. The Morgan fingerprint density at radius 1 is 1.33 bits per heavy atom. The van der Waals surface area contributed by atoms with Crippen molar-refractivity contribution < 1.29 is 0 Å². The average Bonchev–Trinajstić information content (AvgIpc) is 1.63. The van der Waals surface area contributed by atoms with Crippen LogP contribution in [0.4, 0.5) is 0 Å². The molecule has 0 bridgehead atoms. The molecule has 56 valence electrons. The molecule has 0 aromatic heterocycles. The van der Waals surface area contributed by atoms with Gasteiger partial charge in [0.2, 0.25) is 0 Å². The van der Waals surface area contributed by atoms with Crippen molar-refractivity contribution in [2.24, 2.45) is 0 Å². The summed E-state index contributed by atoms with van der Waals surface area (Å²) in [5.74, 6) is 0. The maximum absolute atomic E-state index is 3.39. The second-order valence-electron chi connectivity index (χ2n) is 3.22. The topological polar surface area (TPSA) is 12.0 Å². The fraction of sp³-hybridized carbons (Fsp3) is 1.00. The van der Waals surface area contributed by atoms with Gasteiger partial charge in [-0.3, -0.25) is 0 Å². The molecule has 0 radical (unpaired) electrons. The first-order valence-electron chi connectivity index (χ1n) is 3.37. The Balaban J connectivity index is 3.07. The van der Waals surface area contributed by atoms with Crippen molar-refractivity contribution >= 4 is 15.9 Å². The van der Waals surface area contributed by atoms with Crippen molar-refractivity contribution in [1.82, 2.24) is 5.32 Å². The van der Waals surface area contributed by atoms with Crippen molar-refractivity contribution in [3.63, 3.8) is 0 Å². The van der Waals surface area contributed by atoms with E-state index in [1.54, 1.807) is 0 Å². The first-order valence-corrected chi connectivity index (χ1v) is 4.49. The Bertz CT molecular complexity index is 65.8. The van der Waals surface area contributed by atoms with Crippen LogP contribution in [0.1, 0.15) is 27.2 Å². The third-order valence-corrected chi connectivity index (χ3v) is 1.53. The summed E-state index contributed by atoms with van der Waals surface area (Å²) in [6.45, 7) is 7.65. The Hall–Kier alpha value is 0.440. The fourth-order valence-electron chi connectivity index (χ4n) is 0.530. The minimum atomic E-state index is 0.280. The number of halogens is 1. The third-order valence-electron chi connectivity index (χ3n) is 0.966. The van der Waals surface area contributed by atoms with E-state index in [-0.39, 0.29) is 5.54 Å². The van der Waals surface area contributed by atoms with Crippen molar-refractivity contribution in [2.75, 3.05) is 11.9 Å². The highest BCUT2D eigenvalue weighted by Gasteiger charge is 2.06. The zero-order chi connectivity index (χ0) is 7.33. The van der Waals surface area contributed by atoms with E-state index in [4.69, 9.17) is 0 Å². The molecule has 0 amide bonds. The first-order chi connectivity index (χ1) is 4.06. The molecule has 0 aliphatic carbocycles. The molecule has 0 atom stereocenters. The molecule has 0 unspecified atom stereocenters. The van der Waals surface area contributed by atoms with E-state index in [9.17, 15) is 0 Å². The molecule has 0 aromatic carbocycles. The lowest BCUT2D eigenvalue weighted by molar-refractivity contribution is 0.428. The number of nitrogens with one attached hydrogen (secondary N) is 1. The molecule has 1 N–H and O–H groups in total. The summed E-state index contributed by atoms with van der Waals surface area (Å²) in [5.41, 5.74) is 0.280. The summed E-state index contributed by atoms with van der Waals surface area (Å²) >= 11 is 3.38. The number of rotatable bonds is 3. The molecule has 0 heterocycles. The minimum absolute atomic E-state index is 0.280. The van der Waals surface area contributed by atoms with Gasteiger partial charge in [-0.2, -0.15) is 0 Å². The van der Waals surface area contributed by atoms with Crippen molar-refractivity contribution in [3.8, 4) is 0 Å². The van der Waals surface area contributed by atoms with Gasteiger partial charge in [-0.05, 0) is 33.7 Å². The summed E-state index contributed by atoms with van der Waals surface area (Å²) in [5, 5.41) is 4.49. The molecular formula is C7H16BrN. The van der Waals surface area contributed by atoms with Gasteiger partial charge in [0.1, 0.15) is 0 Å². The molecular weight excluding hydrogens is 178 g/mol. The van der Waals surface area contributed by atoms with Crippen LogP contribution in [0.15, 0.2) is 0 Å². The second kappa shape index (κ2) is 4.29. The Kier molecular flexibility index (Phi) is 4.50. The van der Waals surface area contributed by atoms with Crippen molar-refractivity contribution in [2.45, 2.75) is 32.7 Å². The van der Waals surface area contributed by atoms with Crippen LogP contribution in [0.5, 0.6) is 0 Å². The summed E-state index contributed by atoms with van der Waals surface area (Å²) in [6.07, 6.45) is 1.21. The summed E-state index contributed by atoms with van der Waals surface area (Å²) in [7, 11) is 0. The molecule has 0 aromatic rings. The number of alkyl halides is 1. The normalized spacial score (nSPS) is 12.0. The highest BCUT2D eigenvalue weighted by atomic mass is 79.9. The molecule has 9 heavy (non-hydrogen) atoms. The van der Waals surface area contributed by atoms with Crippen LogP contribution >= 0.6 is 15.9 Å². The van der Waals surface area contributed by atoms with Gasteiger partial charge >= 0.3 is 0 Å². The van der Waals surface area contributed by atoms with Gasteiger partial charge in [0.05, 0.1) is 0 Å². The first kappa shape index (κ1) is 9.44. The Labute approximate surface area is 66.3 Å². The van der Waals surface area contributed by atoms with Crippen LogP contribution in [0.25, 0.3) is 0 Å². The number of hydrogen-bond donors (Lipinski definition) is 1. The lowest BCUT2D eigenvalue weighted by atomic mass is 10.1. The summed E-state index contributed by atoms with van der Waals surface area (Å²) < 4.78 is 0. The van der Waals surface area contributed by atoms with E-state index in [2.05, 4.69) is 42.0 Å². The molecule has 2 heteroatoms. The predicted octanol–water partition coefficient (Wildman–Crippen LogP) is 2.16. The van der Waals surface area contributed by atoms with Gasteiger partial charge in [0, 0.05) is 10.9 Å². The van der Waals surface area contributed by atoms with Crippen molar-refractivity contribution in [3.05, 3.63) is 0 Å². The minimum Gasteiger partial charge on any atom is -0.312 e. The second-order valence-corrected chi connectivity index (χ2v) is 4.01. The van der Waals surface area contributed by atoms with Gasteiger partial charge in [-0.25, -0.2) is 0 Å². The lowest BCUT2D eigenvalue weighted by Crippen LogP contribution is -2.36. The average molecular weight is 194 g/mol. The lowest BCUT2D eigenvalue weighted by Gasteiger charge is -2.19. The van der Waals surface area contributed by atoms with Crippen LogP contribution in [0, 0.1) is 0 Å². The summed E-state index contributed by atoms with van der Waals surface area (Å²) in [4.78, 5) is 0. The molecule has 0 rings (SSSR count). The van der Waals surface area contributed by atoms with Crippen molar-refractivity contribution in [1.29, 1.82) is 0 Å². The standard InChI is InChI=1S/C7H16BrN/c1-7(2,3)9-6-4-5-8/h9H,4-6H2,1-3H3. The van der Waals surface area contributed by atoms with Gasteiger partial charge in [-0.1, -0.05) is 15.9 Å². The van der Waals surface area contributed by atoms with E-state index in [0.29, 0.717) is 0 Å². The zero-order valence-corrected chi connectivity index (χ0v) is 8.09. The molecule has 1 nitrogen and oxygen atoms in total. The highest BCUT2D eigenvalue weighted by molar-refractivity contribution is 9.09. The fourth-order valence-corrected chi connectivity index (χ4v) is 0.811. The van der Waals surface area contributed by atoms with Gasteiger partial charge in [0.25, 0.3) is 0 Å². The maximum atomic E-state index is 3.39. The van der Waals surface area contributed by atoms with Gasteiger partial charge < -0.3 is 5.32 Å². The largest absolute Gasteiger partial charge is 0.312 e. The summed E-state index contributed by atoms with van der Waals surface area (Å²) in [6, 6.07) is 0. The quantitative estimate of drug-likeness (QED) is 0.536. The molecule has 0 saturated heterocycles. The van der Waals surface area contributed by atoms with Crippen LogP contribution < -0.4 is 5.32 Å². The predicted molar refractivity (Wildman–Crippen MR) is 46.2 cm³/mol. The van der Waals surface area contributed by atoms with Gasteiger partial charge in [0.15, 0.2) is 0 Å². The van der Waals surface area contributed by atoms with Crippen LogP contribution in [-0.4, -0.2) is 17.4 Å². The Morgan fingerprint density at radius 2 is 1.89 bits per heavy atom.